The molecule has 0 aromatic carbocycles. The average Bonchev–Trinajstić information content (AvgIpc) is 2.27. The summed E-state index contributed by atoms with van der Waals surface area (Å²) < 4.78 is 5.35. The molecule has 19 heavy (non-hydrogen) atoms. The Morgan fingerprint density at radius 3 is 2.58 bits per heavy atom. The van der Waals surface area contributed by atoms with Crippen LogP contribution in [-0.2, 0) is 4.74 Å². The Labute approximate surface area is 118 Å². The third-order valence-electron chi connectivity index (χ3n) is 2.68. The highest BCUT2D eigenvalue weighted by Gasteiger charge is 2.03. The van der Waals surface area contributed by atoms with Crippen molar-refractivity contribution in [3.05, 3.63) is 12.2 Å². The Balaban J connectivity index is 3.64. The number of aliphatic imine (C=N–C) groups is 1. The highest BCUT2D eigenvalue weighted by molar-refractivity contribution is 5.78. The van der Waals surface area contributed by atoms with E-state index in [-0.39, 0.29) is 0 Å². The van der Waals surface area contributed by atoms with E-state index in [0.29, 0.717) is 31.8 Å². The lowest BCUT2D eigenvalue weighted by atomic mass is 10.0. The minimum absolute atomic E-state index is 0.374. The molecule has 0 rings (SSSR count). The lowest BCUT2D eigenvalue weighted by Crippen LogP contribution is -2.38. The van der Waals surface area contributed by atoms with Gasteiger partial charge in [0.05, 0.1) is 19.8 Å². The second-order valence-electron chi connectivity index (χ2n) is 5.65. The van der Waals surface area contributed by atoms with Crippen LogP contribution in [0.4, 0.5) is 0 Å². The van der Waals surface area contributed by atoms with Crippen molar-refractivity contribution in [1.82, 2.24) is 5.32 Å². The van der Waals surface area contributed by atoms with Crippen molar-refractivity contribution in [1.29, 1.82) is 0 Å². The van der Waals surface area contributed by atoms with Gasteiger partial charge in [0.25, 0.3) is 0 Å². The molecule has 0 amide bonds. The van der Waals surface area contributed by atoms with Gasteiger partial charge in [0.2, 0.25) is 0 Å². The van der Waals surface area contributed by atoms with Gasteiger partial charge in [-0.2, -0.15) is 0 Å². The Bertz CT molecular complexity index is 275. The number of nitrogens with two attached hydrogens (primary N) is 1. The summed E-state index contributed by atoms with van der Waals surface area (Å²) in [6, 6.07) is 0.374. The van der Waals surface area contributed by atoms with Gasteiger partial charge in [-0.1, -0.05) is 38.8 Å². The van der Waals surface area contributed by atoms with E-state index in [1.807, 2.05) is 6.92 Å². The van der Waals surface area contributed by atoms with Crippen molar-refractivity contribution < 1.29 is 4.74 Å². The molecule has 1 unspecified atom stereocenters. The van der Waals surface area contributed by atoms with Gasteiger partial charge in [0, 0.05) is 6.04 Å². The summed E-state index contributed by atoms with van der Waals surface area (Å²) >= 11 is 0. The zero-order valence-corrected chi connectivity index (χ0v) is 13.0. The van der Waals surface area contributed by atoms with E-state index in [9.17, 15) is 0 Å². The van der Waals surface area contributed by atoms with E-state index < -0.39 is 0 Å². The van der Waals surface area contributed by atoms with Gasteiger partial charge in [-0.05, 0) is 26.2 Å². The molecule has 0 aliphatic carbocycles. The third kappa shape index (κ3) is 13.2. The molecule has 0 aliphatic heterocycles. The van der Waals surface area contributed by atoms with Crippen LogP contribution in [0, 0.1) is 5.92 Å². The van der Waals surface area contributed by atoms with Crippen LogP contribution in [-0.4, -0.2) is 31.8 Å². The maximum absolute atomic E-state index is 5.81. The number of nitrogens with one attached hydrogen (secondary N) is 1. The quantitative estimate of drug-likeness (QED) is 0.277. The van der Waals surface area contributed by atoms with Crippen LogP contribution in [0.15, 0.2) is 17.1 Å². The number of rotatable bonds is 10. The fraction of sp³-hybridized carbons (Fsp3) is 0.800. The minimum atomic E-state index is 0.374. The van der Waals surface area contributed by atoms with E-state index in [2.05, 4.69) is 37.7 Å². The molecule has 0 fully saturated rings. The van der Waals surface area contributed by atoms with Crippen LogP contribution in [0.2, 0.25) is 0 Å². The minimum Gasteiger partial charge on any atom is -0.375 e. The van der Waals surface area contributed by atoms with Crippen LogP contribution in [0.5, 0.6) is 0 Å². The van der Waals surface area contributed by atoms with Crippen molar-refractivity contribution in [3.8, 4) is 0 Å². The topological polar surface area (TPSA) is 59.6 Å². The van der Waals surface area contributed by atoms with Crippen molar-refractivity contribution >= 4 is 5.96 Å². The molecule has 0 saturated carbocycles. The molecule has 0 aromatic heterocycles. The van der Waals surface area contributed by atoms with Crippen LogP contribution >= 0.6 is 0 Å². The second kappa shape index (κ2) is 10.9. The third-order valence-corrected chi connectivity index (χ3v) is 2.68. The summed E-state index contributed by atoms with van der Waals surface area (Å²) in [5, 5.41) is 3.21. The highest BCUT2D eigenvalue weighted by Crippen LogP contribution is 2.07. The highest BCUT2D eigenvalue weighted by atomic mass is 16.5. The van der Waals surface area contributed by atoms with Crippen molar-refractivity contribution in [2.24, 2.45) is 16.6 Å². The Morgan fingerprint density at radius 1 is 1.32 bits per heavy atom. The van der Waals surface area contributed by atoms with E-state index in [1.165, 1.54) is 12.8 Å². The fourth-order valence-electron chi connectivity index (χ4n) is 1.68. The molecule has 112 valence electrons. The Kier molecular flexibility index (Phi) is 10.3. The first-order valence-electron chi connectivity index (χ1n) is 7.20. The molecule has 0 heterocycles. The normalized spacial score (nSPS) is 13.6. The van der Waals surface area contributed by atoms with Crippen molar-refractivity contribution in [3.63, 3.8) is 0 Å². The number of hydrogen-bond acceptors (Lipinski definition) is 2. The lowest BCUT2D eigenvalue weighted by Gasteiger charge is -2.15. The molecule has 4 heteroatoms. The smallest absolute Gasteiger partial charge is 0.188 e. The van der Waals surface area contributed by atoms with Gasteiger partial charge in [0.1, 0.15) is 0 Å². The SMILES string of the molecule is C=C(C)COCCN=C(N)NC(C)CCCC(C)C. The zero-order chi connectivity index (χ0) is 14.7. The van der Waals surface area contributed by atoms with E-state index >= 15 is 0 Å². The van der Waals surface area contributed by atoms with Crippen LogP contribution in [0.1, 0.15) is 47.0 Å². The summed E-state index contributed by atoms with van der Waals surface area (Å²) in [7, 11) is 0. The largest absolute Gasteiger partial charge is 0.375 e. The Morgan fingerprint density at radius 2 is 2.00 bits per heavy atom. The molecule has 4 nitrogen and oxygen atoms in total. The summed E-state index contributed by atoms with van der Waals surface area (Å²) in [4.78, 5) is 4.23. The molecule has 0 radical (unpaired) electrons. The number of hydrogen-bond donors (Lipinski definition) is 2. The molecule has 0 bridgehead atoms. The Hall–Kier alpha value is -1.03. The molecule has 0 saturated heterocycles. The van der Waals surface area contributed by atoms with E-state index in [1.54, 1.807) is 0 Å². The van der Waals surface area contributed by atoms with Gasteiger partial charge in [-0.15, -0.1) is 0 Å². The number of guanidine groups is 1. The maximum Gasteiger partial charge on any atom is 0.188 e. The zero-order valence-electron chi connectivity index (χ0n) is 13.0. The fourth-order valence-corrected chi connectivity index (χ4v) is 1.68. The van der Waals surface area contributed by atoms with Crippen molar-refractivity contribution in [2.75, 3.05) is 19.8 Å². The molecule has 0 aliphatic rings. The number of nitrogens with zero attached hydrogens (tertiary/aromatic N) is 1. The van der Waals surface area contributed by atoms with Gasteiger partial charge < -0.3 is 15.8 Å². The number of ether oxygens (including phenoxy) is 1. The first kappa shape index (κ1) is 18.0. The molecular weight excluding hydrogens is 238 g/mol. The van der Waals surface area contributed by atoms with Gasteiger partial charge in [-0.25, -0.2) is 0 Å². The molecule has 0 spiro atoms. The predicted molar refractivity (Wildman–Crippen MR) is 83.4 cm³/mol. The van der Waals surface area contributed by atoms with Crippen LogP contribution in [0.25, 0.3) is 0 Å². The summed E-state index contributed by atoms with van der Waals surface area (Å²) in [5.74, 6) is 1.28. The van der Waals surface area contributed by atoms with Crippen LogP contribution < -0.4 is 11.1 Å². The van der Waals surface area contributed by atoms with Gasteiger partial charge in [-0.3, -0.25) is 4.99 Å². The predicted octanol–water partition coefficient (Wildman–Crippen LogP) is 2.70. The monoisotopic (exact) mass is 269 g/mol. The van der Waals surface area contributed by atoms with E-state index in [4.69, 9.17) is 10.5 Å². The van der Waals surface area contributed by atoms with E-state index in [0.717, 1.165) is 17.9 Å². The molecular formula is C15H31N3O. The standard InChI is InChI=1S/C15H31N3O/c1-12(2)7-6-8-14(5)18-15(16)17-9-10-19-11-13(3)4/h12,14H,3,6-11H2,1-2,4-5H3,(H3,16,17,18). The van der Waals surface area contributed by atoms with Gasteiger partial charge >= 0.3 is 0 Å². The van der Waals surface area contributed by atoms with Crippen molar-refractivity contribution in [2.45, 2.75) is 53.0 Å². The maximum atomic E-state index is 5.81. The molecule has 1 atom stereocenters. The van der Waals surface area contributed by atoms with Crippen LogP contribution in [0.3, 0.4) is 0 Å². The van der Waals surface area contributed by atoms with Gasteiger partial charge in [0.15, 0.2) is 5.96 Å². The molecule has 3 N–H and O–H groups in total. The average molecular weight is 269 g/mol. The summed E-state index contributed by atoms with van der Waals surface area (Å²) in [5.41, 5.74) is 6.84. The first-order valence-corrected chi connectivity index (χ1v) is 7.20. The second-order valence-corrected chi connectivity index (χ2v) is 5.65. The molecule has 0 aromatic rings. The first-order chi connectivity index (χ1) is 8.91. The summed E-state index contributed by atoms with van der Waals surface area (Å²) in [6.07, 6.45) is 3.61. The summed E-state index contributed by atoms with van der Waals surface area (Å²) in [6.45, 7) is 14.1. The lowest BCUT2D eigenvalue weighted by molar-refractivity contribution is 0.164.